The van der Waals surface area contributed by atoms with Gasteiger partial charge >= 0.3 is 0 Å². The predicted octanol–water partition coefficient (Wildman–Crippen LogP) is 3.47. The van der Waals surface area contributed by atoms with Crippen molar-refractivity contribution < 1.29 is 24.2 Å². The lowest BCUT2D eigenvalue weighted by atomic mass is 9.95. The largest absolute Gasteiger partial charge is 0.507 e. The number of aliphatic hydroxyl groups is 1. The van der Waals surface area contributed by atoms with E-state index in [-0.39, 0.29) is 17.4 Å². The van der Waals surface area contributed by atoms with Crippen LogP contribution in [0.5, 0.6) is 11.5 Å². The average molecular weight is 439 g/mol. The lowest BCUT2D eigenvalue weighted by Crippen LogP contribution is -2.35. The van der Waals surface area contributed by atoms with E-state index in [9.17, 15) is 14.7 Å². The summed E-state index contributed by atoms with van der Waals surface area (Å²) in [6, 6.07) is 13.4. The normalized spacial score (nSPS) is 18.0. The number of amides is 1. The number of aliphatic hydroxyl groups excluding tert-OH is 1. The molecular formula is C25H30N2O5. The Bertz CT molecular complexity index is 1030. The molecule has 2 aromatic carbocycles. The van der Waals surface area contributed by atoms with Crippen molar-refractivity contribution in [2.24, 2.45) is 0 Å². The van der Waals surface area contributed by atoms with Crippen LogP contribution in [0, 0.1) is 0 Å². The summed E-state index contributed by atoms with van der Waals surface area (Å²) in [5, 5.41) is 11.2. The standard InChI is InChI=1S/C25H30N2O5/c1-16(2)32-20-11-7-9-18(15-20)23(28)21-22(17-8-6-10-19(14-17)31-5)27(13-12-26(3)4)25(30)24(21)29/h6-11,14-16,22,28H,12-13H2,1-5H3/b23-21-. The molecule has 0 aromatic heterocycles. The van der Waals surface area contributed by atoms with Crippen molar-refractivity contribution >= 4 is 17.4 Å². The Balaban J connectivity index is 2.14. The van der Waals surface area contributed by atoms with Crippen LogP contribution in [-0.2, 0) is 9.59 Å². The average Bonchev–Trinajstić information content (AvgIpc) is 3.01. The first kappa shape index (κ1) is 23.3. The van der Waals surface area contributed by atoms with Crippen molar-refractivity contribution in [2.75, 3.05) is 34.3 Å². The summed E-state index contributed by atoms with van der Waals surface area (Å²) in [6.07, 6.45) is -0.0409. The minimum Gasteiger partial charge on any atom is -0.507 e. The summed E-state index contributed by atoms with van der Waals surface area (Å²) in [4.78, 5) is 29.5. The highest BCUT2D eigenvalue weighted by molar-refractivity contribution is 6.46. The quantitative estimate of drug-likeness (QED) is 0.386. The van der Waals surface area contributed by atoms with Crippen molar-refractivity contribution in [1.82, 2.24) is 9.80 Å². The molecule has 1 aliphatic rings. The number of carbonyl (C=O) groups excluding carboxylic acids is 2. The number of ketones is 1. The first-order valence-electron chi connectivity index (χ1n) is 10.6. The summed E-state index contributed by atoms with van der Waals surface area (Å²) < 4.78 is 11.1. The molecule has 0 spiro atoms. The fourth-order valence-corrected chi connectivity index (χ4v) is 3.72. The van der Waals surface area contributed by atoms with E-state index in [0.717, 1.165) is 0 Å². The van der Waals surface area contributed by atoms with Gasteiger partial charge in [-0.25, -0.2) is 0 Å². The second-order valence-corrected chi connectivity index (χ2v) is 8.27. The number of nitrogens with zero attached hydrogens (tertiary/aromatic N) is 2. The lowest BCUT2D eigenvalue weighted by Gasteiger charge is -2.26. The molecule has 1 heterocycles. The molecule has 1 unspecified atom stereocenters. The Labute approximate surface area is 188 Å². The highest BCUT2D eigenvalue weighted by Crippen LogP contribution is 2.40. The van der Waals surface area contributed by atoms with Crippen LogP contribution in [0.2, 0.25) is 0 Å². The van der Waals surface area contributed by atoms with Crippen LogP contribution in [0.1, 0.15) is 31.0 Å². The number of likely N-dealkylation sites (tertiary alicyclic amines) is 1. The fourth-order valence-electron chi connectivity index (χ4n) is 3.72. The van der Waals surface area contributed by atoms with Gasteiger partial charge in [0.25, 0.3) is 11.7 Å². The van der Waals surface area contributed by atoms with E-state index >= 15 is 0 Å². The molecule has 0 radical (unpaired) electrons. The fraction of sp³-hybridized carbons (Fsp3) is 0.360. The van der Waals surface area contributed by atoms with Gasteiger partial charge in [-0.15, -0.1) is 0 Å². The van der Waals surface area contributed by atoms with Crippen LogP contribution in [0.3, 0.4) is 0 Å². The number of carbonyl (C=O) groups is 2. The second kappa shape index (κ2) is 9.87. The maximum Gasteiger partial charge on any atom is 0.295 e. The molecule has 0 bridgehead atoms. The van der Waals surface area contributed by atoms with Gasteiger partial charge in [0.2, 0.25) is 0 Å². The zero-order chi connectivity index (χ0) is 23.4. The number of hydrogen-bond donors (Lipinski definition) is 1. The van der Waals surface area contributed by atoms with E-state index in [0.29, 0.717) is 35.7 Å². The maximum absolute atomic E-state index is 13.1. The van der Waals surface area contributed by atoms with Crippen LogP contribution in [0.4, 0.5) is 0 Å². The Morgan fingerprint density at radius 3 is 2.44 bits per heavy atom. The van der Waals surface area contributed by atoms with Crippen LogP contribution in [0.25, 0.3) is 5.76 Å². The Kier molecular flexibility index (Phi) is 7.20. The Morgan fingerprint density at radius 1 is 1.09 bits per heavy atom. The molecule has 1 fully saturated rings. The van der Waals surface area contributed by atoms with Crippen molar-refractivity contribution in [3.8, 4) is 11.5 Å². The summed E-state index contributed by atoms with van der Waals surface area (Å²) in [7, 11) is 5.36. The van der Waals surface area contributed by atoms with Gasteiger partial charge in [-0.2, -0.15) is 0 Å². The molecule has 1 saturated heterocycles. The van der Waals surface area contributed by atoms with Crippen molar-refractivity contribution in [3.05, 3.63) is 65.2 Å². The minimum absolute atomic E-state index is 0.0409. The summed E-state index contributed by atoms with van der Waals surface area (Å²) in [6.45, 7) is 4.73. The van der Waals surface area contributed by atoms with Gasteiger partial charge in [-0.05, 0) is 57.8 Å². The van der Waals surface area contributed by atoms with E-state index in [4.69, 9.17) is 9.47 Å². The molecule has 32 heavy (non-hydrogen) atoms. The van der Waals surface area contributed by atoms with E-state index in [1.165, 1.54) is 4.90 Å². The third-order valence-electron chi connectivity index (χ3n) is 5.22. The molecule has 2 aromatic rings. The Morgan fingerprint density at radius 2 is 1.78 bits per heavy atom. The van der Waals surface area contributed by atoms with Gasteiger partial charge in [0.15, 0.2) is 0 Å². The van der Waals surface area contributed by atoms with Crippen molar-refractivity contribution in [1.29, 1.82) is 0 Å². The predicted molar refractivity (Wildman–Crippen MR) is 123 cm³/mol. The second-order valence-electron chi connectivity index (χ2n) is 8.27. The SMILES string of the molecule is COc1cccc(C2/C(=C(/O)c3cccc(OC(C)C)c3)C(=O)C(=O)N2CCN(C)C)c1. The number of hydrogen-bond acceptors (Lipinski definition) is 6. The third-order valence-corrected chi connectivity index (χ3v) is 5.22. The zero-order valence-corrected chi connectivity index (χ0v) is 19.2. The van der Waals surface area contributed by atoms with Gasteiger partial charge in [-0.1, -0.05) is 24.3 Å². The molecule has 170 valence electrons. The summed E-state index contributed by atoms with van der Waals surface area (Å²) in [5.74, 6) is -0.380. The lowest BCUT2D eigenvalue weighted by molar-refractivity contribution is -0.140. The van der Waals surface area contributed by atoms with Crippen molar-refractivity contribution in [3.63, 3.8) is 0 Å². The molecule has 1 amide bonds. The monoisotopic (exact) mass is 438 g/mol. The molecule has 0 aliphatic carbocycles. The number of likely N-dealkylation sites (N-methyl/N-ethyl adjacent to an activating group) is 1. The van der Waals surface area contributed by atoms with E-state index in [1.54, 1.807) is 49.6 Å². The topological polar surface area (TPSA) is 79.3 Å². The van der Waals surface area contributed by atoms with Gasteiger partial charge in [-0.3, -0.25) is 9.59 Å². The molecule has 1 aliphatic heterocycles. The molecule has 1 atom stereocenters. The number of methoxy groups -OCH3 is 1. The molecule has 3 rings (SSSR count). The number of rotatable bonds is 8. The maximum atomic E-state index is 13.1. The van der Waals surface area contributed by atoms with Crippen molar-refractivity contribution in [2.45, 2.75) is 26.0 Å². The summed E-state index contributed by atoms with van der Waals surface area (Å²) >= 11 is 0. The van der Waals surface area contributed by atoms with E-state index in [1.807, 2.05) is 38.9 Å². The minimum atomic E-state index is -0.722. The molecule has 7 nitrogen and oxygen atoms in total. The van der Waals surface area contributed by atoms with E-state index in [2.05, 4.69) is 0 Å². The van der Waals surface area contributed by atoms with Gasteiger partial charge in [0.1, 0.15) is 17.3 Å². The third kappa shape index (κ3) is 4.94. The molecule has 1 N–H and O–H groups in total. The highest BCUT2D eigenvalue weighted by atomic mass is 16.5. The molecule has 7 heteroatoms. The van der Waals surface area contributed by atoms with Gasteiger partial charge in [0, 0.05) is 18.7 Å². The number of benzene rings is 2. The summed E-state index contributed by atoms with van der Waals surface area (Å²) in [5.41, 5.74) is 1.17. The first-order chi connectivity index (χ1) is 15.2. The first-order valence-corrected chi connectivity index (χ1v) is 10.6. The Hall–Kier alpha value is -3.32. The van der Waals surface area contributed by atoms with Crippen LogP contribution in [0.15, 0.2) is 54.1 Å². The van der Waals surface area contributed by atoms with Crippen LogP contribution >= 0.6 is 0 Å². The van der Waals surface area contributed by atoms with Gasteiger partial charge < -0.3 is 24.4 Å². The van der Waals surface area contributed by atoms with E-state index < -0.39 is 17.7 Å². The zero-order valence-electron chi connectivity index (χ0n) is 19.2. The molecular weight excluding hydrogens is 408 g/mol. The smallest absolute Gasteiger partial charge is 0.295 e. The molecule has 0 saturated carbocycles. The number of Topliss-reactive ketones (excluding diaryl/α,β-unsaturated/α-hetero) is 1. The van der Waals surface area contributed by atoms with Crippen LogP contribution < -0.4 is 9.47 Å². The van der Waals surface area contributed by atoms with Gasteiger partial charge in [0.05, 0.1) is 24.8 Å². The highest BCUT2D eigenvalue weighted by Gasteiger charge is 2.46. The number of ether oxygens (including phenoxy) is 2. The van der Waals surface area contributed by atoms with Crippen LogP contribution in [-0.4, -0.2) is 67.0 Å².